The average molecular weight is 478 g/mol. The summed E-state index contributed by atoms with van der Waals surface area (Å²) in [5, 5.41) is 3.12. The quantitative estimate of drug-likeness (QED) is 0.596. The first-order valence-electron chi connectivity index (χ1n) is 12.5. The lowest BCUT2D eigenvalue weighted by Gasteiger charge is -2.30. The number of pyridine rings is 1. The van der Waals surface area contributed by atoms with Gasteiger partial charge in [0.2, 0.25) is 5.92 Å². The number of hydrogen-bond donors (Lipinski definition) is 1. The maximum atomic E-state index is 13.7. The van der Waals surface area contributed by atoms with Crippen LogP contribution in [0.5, 0.6) is 0 Å². The van der Waals surface area contributed by atoms with Crippen molar-refractivity contribution in [2.45, 2.75) is 90.2 Å². The van der Waals surface area contributed by atoms with E-state index in [1.807, 2.05) is 39.8 Å². The number of hydrogen-bond acceptors (Lipinski definition) is 4. The summed E-state index contributed by atoms with van der Waals surface area (Å²) in [7, 11) is 0. The third-order valence-electron chi connectivity index (χ3n) is 7.21. The Labute approximate surface area is 200 Å². The van der Waals surface area contributed by atoms with E-state index >= 15 is 0 Å². The number of halogens is 2. The Morgan fingerprint density at radius 2 is 1.91 bits per heavy atom. The van der Waals surface area contributed by atoms with Crippen LogP contribution in [0.2, 0.25) is 0 Å². The predicted octanol–water partition coefficient (Wildman–Crippen LogP) is 5.19. The molecule has 2 fully saturated rings. The molecule has 2 aliphatic rings. The van der Waals surface area contributed by atoms with Crippen LogP contribution in [-0.2, 0) is 21.5 Å². The van der Waals surface area contributed by atoms with Crippen LogP contribution in [0.25, 0.3) is 5.65 Å². The second-order valence-corrected chi connectivity index (χ2v) is 10.3. The van der Waals surface area contributed by atoms with Crippen molar-refractivity contribution in [2.24, 2.45) is 5.92 Å². The van der Waals surface area contributed by atoms with E-state index in [1.54, 1.807) is 0 Å². The van der Waals surface area contributed by atoms with Crippen molar-refractivity contribution in [1.29, 1.82) is 0 Å². The lowest BCUT2D eigenvalue weighted by molar-refractivity contribution is -0.0462. The van der Waals surface area contributed by atoms with Crippen molar-refractivity contribution in [3.63, 3.8) is 0 Å². The Morgan fingerprint density at radius 1 is 1.24 bits per heavy atom. The first kappa shape index (κ1) is 25.0. The number of ether oxygens (including phenoxy) is 2. The monoisotopic (exact) mass is 477 g/mol. The van der Waals surface area contributed by atoms with Crippen LogP contribution in [0.4, 0.5) is 8.78 Å². The van der Waals surface area contributed by atoms with Gasteiger partial charge in [-0.1, -0.05) is 0 Å². The van der Waals surface area contributed by atoms with Gasteiger partial charge in [0.25, 0.3) is 5.91 Å². The van der Waals surface area contributed by atoms with Gasteiger partial charge in [0, 0.05) is 55.7 Å². The number of nitrogens with one attached hydrogen (secondary N) is 1. The highest BCUT2D eigenvalue weighted by atomic mass is 19.3. The van der Waals surface area contributed by atoms with E-state index in [4.69, 9.17) is 14.5 Å². The van der Waals surface area contributed by atoms with Crippen molar-refractivity contribution in [3.8, 4) is 0 Å². The number of carbonyl (C=O) groups excluding carboxylic acids is 1. The molecule has 8 heteroatoms. The van der Waals surface area contributed by atoms with Gasteiger partial charge in [-0.05, 0) is 77.8 Å². The number of aryl methyl sites for hydroxylation is 1. The summed E-state index contributed by atoms with van der Waals surface area (Å²) in [6.07, 6.45) is 3.17. The van der Waals surface area contributed by atoms with Crippen LogP contribution in [0, 0.1) is 12.8 Å². The van der Waals surface area contributed by atoms with Crippen LogP contribution in [0.1, 0.15) is 86.7 Å². The van der Waals surface area contributed by atoms with Crippen LogP contribution in [0.3, 0.4) is 0 Å². The molecule has 1 saturated heterocycles. The zero-order valence-corrected chi connectivity index (χ0v) is 20.8. The summed E-state index contributed by atoms with van der Waals surface area (Å²) in [5.41, 5.74) is 3.35. The molecule has 1 amide bonds. The molecule has 0 unspecified atom stereocenters. The second-order valence-electron chi connectivity index (χ2n) is 10.3. The number of fused-ring (bicyclic) bond motifs is 1. The fourth-order valence-corrected chi connectivity index (χ4v) is 5.35. The first-order valence-corrected chi connectivity index (χ1v) is 12.5. The largest absolute Gasteiger partial charge is 0.381 e. The molecule has 2 aromatic rings. The van der Waals surface area contributed by atoms with E-state index in [0.717, 1.165) is 29.9 Å². The highest BCUT2D eigenvalue weighted by molar-refractivity contribution is 5.95. The molecule has 0 bridgehead atoms. The van der Waals surface area contributed by atoms with E-state index in [2.05, 4.69) is 9.72 Å². The third kappa shape index (κ3) is 5.43. The normalized spacial score (nSPS) is 20.1. The van der Waals surface area contributed by atoms with Gasteiger partial charge in [0.15, 0.2) is 0 Å². The Bertz CT molecular complexity index is 1020. The topological polar surface area (TPSA) is 64.9 Å². The number of imidazole rings is 1. The van der Waals surface area contributed by atoms with Gasteiger partial charge in [0.05, 0.1) is 5.69 Å². The maximum Gasteiger partial charge on any atom is 0.251 e. The zero-order chi connectivity index (χ0) is 24.5. The fraction of sp³-hybridized carbons (Fsp3) is 0.692. The lowest BCUT2D eigenvalue weighted by Crippen LogP contribution is -2.38. The second kappa shape index (κ2) is 9.90. The highest BCUT2D eigenvalue weighted by Gasteiger charge is 2.37. The van der Waals surface area contributed by atoms with Crippen LogP contribution >= 0.6 is 0 Å². The number of aromatic nitrogens is 2. The standard InChI is InChI=1S/C26H37F2N3O3/c1-5-34-25(3,4)23-21(15-18-6-10-26(27,28)11-7-18)31-17(2)14-19(16-22(31)30-23)24(32)29-20-8-12-33-13-9-20/h14,16,18,20H,5-13,15H2,1-4H3,(H,29,32). The number of nitrogens with zero attached hydrogens (tertiary/aromatic N) is 2. The Kier molecular flexibility index (Phi) is 7.29. The van der Waals surface area contributed by atoms with Gasteiger partial charge in [-0.25, -0.2) is 13.8 Å². The van der Waals surface area contributed by atoms with Crippen molar-refractivity contribution in [2.75, 3.05) is 19.8 Å². The summed E-state index contributed by atoms with van der Waals surface area (Å²) in [4.78, 5) is 17.9. The fourth-order valence-electron chi connectivity index (χ4n) is 5.35. The number of alkyl halides is 2. The lowest BCUT2D eigenvalue weighted by atomic mass is 9.83. The summed E-state index contributed by atoms with van der Waals surface area (Å²) >= 11 is 0. The van der Waals surface area contributed by atoms with Crippen molar-refractivity contribution in [1.82, 2.24) is 14.7 Å². The Hall–Kier alpha value is -2.06. The molecule has 1 aliphatic heterocycles. The van der Waals surface area contributed by atoms with Gasteiger partial charge in [0.1, 0.15) is 11.2 Å². The summed E-state index contributed by atoms with van der Waals surface area (Å²) in [6, 6.07) is 3.83. The molecular formula is C26H37F2N3O3. The summed E-state index contributed by atoms with van der Waals surface area (Å²) in [5.74, 6) is -2.49. The van der Waals surface area contributed by atoms with E-state index in [9.17, 15) is 13.6 Å². The van der Waals surface area contributed by atoms with Crippen molar-refractivity contribution in [3.05, 3.63) is 34.8 Å². The molecular weight excluding hydrogens is 440 g/mol. The molecule has 0 spiro atoms. The molecule has 0 aromatic carbocycles. The molecule has 3 heterocycles. The Morgan fingerprint density at radius 3 is 2.56 bits per heavy atom. The zero-order valence-electron chi connectivity index (χ0n) is 20.8. The van der Waals surface area contributed by atoms with Crippen molar-refractivity contribution >= 4 is 11.6 Å². The molecule has 1 aliphatic carbocycles. The van der Waals surface area contributed by atoms with E-state index in [0.29, 0.717) is 50.3 Å². The van der Waals surface area contributed by atoms with Gasteiger partial charge < -0.3 is 19.2 Å². The summed E-state index contributed by atoms with van der Waals surface area (Å²) < 4.78 is 41.0. The van der Waals surface area contributed by atoms with Crippen molar-refractivity contribution < 1.29 is 23.0 Å². The molecule has 0 atom stereocenters. The molecule has 2 aromatic heterocycles. The minimum atomic E-state index is -2.55. The van der Waals surface area contributed by atoms with Crippen LogP contribution in [-0.4, -0.2) is 47.1 Å². The van der Waals surface area contributed by atoms with E-state index in [-0.39, 0.29) is 30.7 Å². The maximum absolute atomic E-state index is 13.7. The summed E-state index contributed by atoms with van der Waals surface area (Å²) in [6.45, 7) is 9.76. The molecule has 0 radical (unpaired) electrons. The number of amides is 1. The van der Waals surface area contributed by atoms with Gasteiger partial charge in [-0.15, -0.1) is 0 Å². The first-order chi connectivity index (χ1) is 16.1. The minimum Gasteiger partial charge on any atom is -0.381 e. The molecule has 4 rings (SSSR count). The number of rotatable bonds is 7. The molecule has 188 valence electrons. The molecule has 1 saturated carbocycles. The van der Waals surface area contributed by atoms with E-state index in [1.165, 1.54) is 0 Å². The molecule has 6 nitrogen and oxygen atoms in total. The minimum absolute atomic E-state index is 0.0614. The van der Waals surface area contributed by atoms with Gasteiger partial charge >= 0.3 is 0 Å². The smallest absolute Gasteiger partial charge is 0.251 e. The highest BCUT2D eigenvalue weighted by Crippen LogP contribution is 2.39. The average Bonchev–Trinajstić information content (AvgIpc) is 3.15. The van der Waals surface area contributed by atoms with Gasteiger partial charge in [-0.3, -0.25) is 4.79 Å². The van der Waals surface area contributed by atoms with E-state index < -0.39 is 11.5 Å². The van der Waals surface area contributed by atoms with Crippen LogP contribution < -0.4 is 5.32 Å². The van der Waals surface area contributed by atoms with Gasteiger partial charge in [-0.2, -0.15) is 0 Å². The third-order valence-corrected chi connectivity index (χ3v) is 7.21. The molecule has 1 N–H and O–H groups in total. The predicted molar refractivity (Wildman–Crippen MR) is 126 cm³/mol. The molecule has 34 heavy (non-hydrogen) atoms. The number of carbonyl (C=O) groups is 1. The Balaban J connectivity index is 1.68. The SMILES string of the molecule is CCOC(C)(C)c1nc2cc(C(=O)NC3CCOCC3)cc(C)n2c1CC1CCC(F)(F)CC1. The van der Waals surface area contributed by atoms with Crippen LogP contribution in [0.15, 0.2) is 12.1 Å².